The van der Waals surface area contributed by atoms with E-state index < -0.39 is 23.6 Å². The molecule has 10 heteroatoms. The number of aliphatic carboxylic acids is 1. The number of benzene rings is 1. The van der Waals surface area contributed by atoms with E-state index in [0.29, 0.717) is 34.2 Å². The van der Waals surface area contributed by atoms with Crippen molar-refractivity contribution < 1.29 is 28.7 Å². The van der Waals surface area contributed by atoms with Gasteiger partial charge in [-0.05, 0) is 37.3 Å². The summed E-state index contributed by atoms with van der Waals surface area (Å²) < 4.78 is 15.8. The third-order valence-corrected chi connectivity index (χ3v) is 5.83. The van der Waals surface area contributed by atoms with E-state index in [1.165, 1.54) is 0 Å². The summed E-state index contributed by atoms with van der Waals surface area (Å²) in [5.41, 5.74) is 2.43. The van der Waals surface area contributed by atoms with Gasteiger partial charge in [-0.3, -0.25) is 10.1 Å². The first-order valence-electron chi connectivity index (χ1n) is 10.8. The maximum absolute atomic E-state index is 12.4. The summed E-state index contributed by atoms with van der Waals surface area (Å²) in [5, 5.41) is 16.1. The Labute approximate surface area is 200 Å². The van der Waals surface area contributed by atoms with Gasteiger partial charge in [0.15, 0.2) is 5.41 Å². The molecular weight excluding hydrogens is 452 g/mol. The number of aromatic nitrogens is 1. The maximum Gasteiger partial charge on any atom is 0.412 e. The Balaban J connectivity index is 1.27. The molecule has 1 fully saturated rings. The van der Waals surface area contributed by atoms with Crippen LogP contribution in [-0.4, -0.2) is 47.0 Å². The van der Waals surface area contributed by atoms with Crippen LogP contribution in [0.3, 0.4) is 0 Å². The molecule has 5 rings (SSSR count). The molecule has 3 aliphatic heterocycles. The molecule has 1 saturated heterocycles. The van der Waals surface area contributed by atoms with Gasteiger partial charge >= 0.3 is 12.1 Å². The highest BCUT2D eigenvalue weighted by atomic mass is 16.6. The molecular formula is C25H20N4O6. The molecule has 1 amide bonds. The van der Waals surface area contributed by atoms with E-state index in [0.717, 1.165) is 5.56 Å². The first-order valence-corrected chi connectivity index (χ1v) is 10.8. The van der Waals surface area contributed by atoms with Crippen molar-refractivity contribution in [2.24, 2.45) is 15.4 Å². The van der Waals surface area contributed by atoms with Gasteiger partial charge in [-0.25, -0.2) is 14.8 Å². The minimum atomic E-state index is -1.12. The molecule has 0 bridgehead atoms. The number of rotatable bonds is 5. The number of amides is 1. The molecule has 0 spiro atoms. The van der Waals surface area contributed by atoms with Crippen LogP contribution >= 0.6 is 0 Å². The molecule has 3 aliphatic rings. The predicted molar refractivity (Wildman–Crippen MR) is 125 cm³/mol. The number of fused-ring (bicyclic) bond motifs is 1. The molecule has 1 atom stereocenters. The number of anilines is 1. The van der Waals surface area contributed by atoms with Gasteiger partial charge in [-0.2, -0.15) is 0 Å². The summed E-state index contributed by atoms with van der Waals surface area (Å²) >= 11 is 0. The predicted octanol–water partition coefficient (Wildman–Crippen LogP) is 3.42. The van der Waals surface area contributed by atoms with Crippen molar-refractivity contribution in [3.05, 3.63) is 70.9 Å². The van der Waals surface area contributed by atoms with Gasteiger partial charge in [0.05, 0.1) is 30.3 Å². The van der Waals surface area contributed by atoms with Gasteiger partial charge in [0.25, 0.3) is 0 Å². The molecule has 2 aromatic rings. The van der Waals surface area contributed by atoms with Crippen LogP contribution in [0.2, 0.25) is 0 Å². The van der Waals surface area contributed by atoms with E-state index in [1.807, 2.05) is 30.3 Å². The van der Waals surface area contributed by atoms with Crippen LogP contribution in [0.5, 0.6) is 0 Å². The van der Waals surface area contributed by atoms with Crippen LogP contribution in [0, 0.1) is 24.2 Å². The number of ether oxygens (including phenoxy) is 2. The number of nitrogens with zero attached hydrogens (tertiary/aromatic N) is 3. The number of carboxylic acids is 1. The minimum Gasteiger partial charge on any atom is -0.480 e. The zero-order chi connectivity index (χ0) is 24.6. The molecule has 10 nitrogen and oxygen atoms in total. The monoisotopic (exact) mass is 472 g/mol. The van der Waals surface area contributed by atoms with E-state index in [2.05, 4.69) is 32.3 Å². The largest absolute Gasteiger partial charge is 0.480 e. The Kier molecular flexibility index (Phi) is 5.55. The summed E-state index contributed by atoms with van der Waals surface area (Å²) in [5.74, 6) is 4.88. The van der Waals surface area contributed by atoms with Crippen LogP contribution in [0.4, 0.5) is 10.5 Å². The molecule has 0 saturated carbocycles. The lowest BCUT2D eigenvalue weighted by Crippen LogP contribution is -2.50. The van der Waals surface area contributed by atoms with Crippen molar-refractivity contribution in [2.75, 3.05) is 18.5 Å². The highest BCUT2D eigenvalue weighted by molar-refractivity contribution is 6.54. The molecule has 35 heavy (non-hydrogen) atoms. The summed E-state index contributed by atoms with van der Waals surface area (Å²) in [6.45, 7) is 3.62. The number of aryl methyl sites for hydroxylation is 1. The second kappa shape index (κ2) is 8.70. The zero-order valence-corrected chi connectivity index (χ0v) is 18.9. The Morgan fingerprint density at radius 1 is 1.14 bits per heavy atom. The summed E-state index contributed by atoms with van der Waals surface area (Å²) in [6.07, 6.45) is 2.19. The fourth-order valence-corrected chi connectivity index (χ4v) is 3.71. The van der Waals surface area contributed by atoms with Crippen molar-refractivity contribution >= 4 is 29.2 Å². The van der Waals surface area contributed by atoms with Crippen LogP contribution in [0.15, 0.2) is 68.4 Å². The fraction of sp³-hybridized carbons (Fsp3) is 0.240. The molecule has 4 heterocycles. The number of allylic oxidation sites excluding steroid dienone is 3. The summed E-state index contributed by atoms with van der Waals surface area (Å²) in [7, 11) is 0. The topological polar surface area (TPSA) is 136 Å². The van der Waals surface area contributed by atoms with Gasteiger partial charge in [-0.1, -0.05) is 35.5 Å². The molecule has 176 valence electrons. The number of carbonyl (C=O) groups is 2. The Morgan fingerprint density at radius 3 is 2.54 bits per heavy atom. The molecule has 0 aliphatic carbocycles. The molecule has 0 radical (unpaired) electrons. The summed E-state index contributed by atoms with van der Waals surface area (Å²) in [6, 6.07) is 9.37. The SMILES string of the molecule is Cc1noc(C#CC2=CC3=NC(C4(C(=O)O)COC4)=CC3=N2)c1NC(=O)OC(C)c1ccccc1. The fourth-order valence-electron chi connectivity index (χ4n) is 3.71. The van der Waals surface area contributed by atoms with E-state index in [9.17, 15) is 14.7 Å². The average molecular weight is 472 g/mol. The number of carboxylic acid groups (broad SMARTS) is 1. The lowest BCUT2D eigenvalue weighted by molar-refractivity contribution is -0.171. The smallest absolute Gasteiger partial charge is 0.412 e. The number of carbonyl (C=O) groups excluding carboxylic acids is 1. The van der Waals surface area contributed by atoms with E-state index in [1.54, 1.807) is 26.0 Å². The zero-order valence-electron chi connectivity index (χ0n) is 18.9. The molecule has 1 unspecified atom stereocenters. The first kappa shape index (κ1) is 22.3. The Bertz CT molecular complexity index is 1400. The summed E-state index contributed by atoms with van der Waals surface area (Å²) in [4.78, 5) is 32.9. The third kappa shape index (κ3) is 4.13. The Hall–Kier alpha value is -4.49. The molecule has 1 aromatic heterocycles. The second-order valence-corrected chi connectivity index (χ2v) is 8.24. The van der Waals surface area contributed by atoms with Crippen molar-refractivity contribution in [1.29, 1.82) is 0 Å². The normalized spacial score (nSPS) is 18.0. The molecule has 2 N–H and O–H groups in total. The minimum absolute atomic E-state index is 0.0851. The molecule has 1 aromatic carbocycles. The average Bonchev–Trinajstić information content (AvgIpc) is 3.46. The van der Waals surface area contributed by atoms with Crippen LogP contribution in [0.1, 0.15) is 30.0 Å². The van der Waals surface area contributed by atoms with Crippen LogP contribution in [-0.2, 0) is 14.3 Å². The second-order valence-electron chi connectivity index (χ2n) is 8.24. The lowest BCUT2D eigenvalue weighted by Gasteiger charge is -2.36. The van der Waals surface area contributed by atoms with Gasteiger partial charge in [0.1, 0.15) is 23.2 Å². The van der Waals surface area contributed by atoms with Crippen molar-refractivity contribution in [1.82, 2.24) is 5.16 Å². The number of aliphatic imine (C=N–C) groups is 2. The van der Waals surface area contributed by atoms with Crippen molar-refractivity contribution in [3.63, 3.8) is 0 Å². The van der Waals surface area contributed by atoms with Crippen LogP contribution < -0.4 is 5.32 Å². The quantitative estimate of drug-likeness (QED) is 0.637. The van der Waals surface area contributed by atoms with E-state index in [-0.39, 0.29) is 19.0 Å². The number of hydrogen-bond acceptors (Lipinski definition) is 8. The maximum atomic E-state index is 12.4. The van der Waals surface area contributed by atoms with E-state index in [4.69, 9.17) is 14.0 Å². The van der Waals surface area contributed by atoms with Gasteiger partial charge in [0.2, 0.25) is 5.76 Å². The highest BCUT2D eigenvalue weighted by Gasteiger charge is 2.51. The lowest BCUT2D eigenvalue weighted by atomic mass is 9.82. The van der Waals surface area contributed by atoms with Crippen molar-refractivity contribution in [3.8, 4) is 11.8 Å². The van der Waals surface area contributed by atoms with Crippen molar-refractivity contribution in [2.45, 2.75) is 20.0 Å². The highest BCUT2D eigenvalue weighted by Crippen LogP contribution is 2.39. The van der Waals surface area contributed by atoms with Gasteiger partial charge < -0.3 is 19.1 Å². The van der Waals surface area contributed by atoms with Crippen LogP contribution in [0.25, 0.3) is 0 Å². The van der Waals surface area contributed by atoms with Gasteiger partial charge in [0, 0.05) is 6.08 Å². The third-order valence-electron chi connectivity index (χ3n) is 5.83. The number of nitrogens with one attached hydrogen (secondary N) is 1. The van der Waals surface area contributed by atoms with E-state index >= 15 is 0 Å². The standard InChI is InChI=1S/C25H20N4O6/c1-14-22(28-24(32)34-15(2)16-6-4-3-5-7-16)20(35-29-14)9-8-17-10-18-19(26-17)11-21(27-18)25(23(30)31)12-33-13-25/h3-7,10-11,15H,12-13H2,1-2H3,(H,28,32)(H,30,31). The number of hydrogen-bond donors (Lipinski definition) is 2. The first-order chi connectivity index (χ1) is 16.9. The Morgan fingerprint density at radius 2 is 1.89 bits per heavy atom. The van der Waals surface area contributed by atoms with Gasteiger partial charge in [-0.15, -0.1) is 0 Å².